The summed E-state index contributed by atoms with van der Waals surface area (Å²) in [6.07, 6.45) is 3.73. The zero-order valence-corrected chi connectivity index (χ0v) is 11.4. The highest BCUT2D eigenvalue weighted by molar-refractivity contribution is 6.00. The van der Waals surface area contributed by atoms with Crippen molar-refractivity contribution in [1.82, 2.24) is 0 Å². The lowest BCUT2D eigenvalue weighted by atomic mass is 9.80. The van der Waals surface area contributed by atoms with E-state index in [1.807, 2.05) is 19.9 Å². The van der Waals surface area contributed by atoms with E-state index in [4.69, 9.17) is 9.47 Å². The van der Waals surface area contributed by atoms with Crippen LogP contribution in [-0.2, 0) is 19.1 Å². The number of hydrogen-bond donors (Lipinski definition) is 0. The predicted octanol–water partition coefficient (Wildman–Crippen LogP) is 2.41. The molecule has 100 valence electrons. The van der Waals surface area contributed by atoms with Crippen molar-refractivity contribution in [2.24, 2.45) is 5.41 Å². The van der Waals surface area contributed by atoms with Crippen LogP contribution in [0.5, 0.6) is 0 Å². The third-order valence-corrected chi connectivity index (χ3v) is 2.61. The van der Waals surface area contributed by atoms with Crippen LogP contribution in [0.1, 0.15) is 26.7 Å². The first-order chi connectivity index (χ1) is 8.44. The number of hydrogen-bond acceptors (Lipinski definition) is 4. The third-order valence-electron chi connectivity index (χ3n) is 2.61. The van der Waals surface area contributed by atoms with Gasteiger partial charge in [-0.2, -0.15) is 0 Å². The van der Waals surface area contributed by atoms with E-state index < -0.39 is 17.4 Å². The second kappa shape index (κ2) is 7.51. The molecule has 0 heterocycles. The second-order valence-electron chi connectivity index (χ2n) is 4.16. The molecule has 4 nitrogen and oxygen atoms in total. The van der Waals surface area contributed by atoms with Crippen molar-refractivity contribution in [2.75, 3.05) is 14.2 Å². The van der Waals surface area contributed by atoms with E-state index in [-0.39, 0.29) is 12.8 Å². The first-order valence-corrected chi connectivity index (χ1v) is 5.59. The molecule has 0 bridgehead atoms. The summed E-state index contributed by atoms with van der Waals surface area (Å²) < 4.78 is 9.46. The van der Waals surface area contributed by atoms with E-state index in [1.165, 1.54) is 20.3 Å². The molecule has 0 saturated carbocycles. The maximum absolute atomic E-state index is 11.9. The quantitative estimate of drug-likeness (QED) is 0.315. The molecule has 18 heavy (non-hydrogen) atoms. The van der Waals surface area contributed by atoms with Crippen LogP contribution in [0.4, 0.5) is 0 Å². The zero-order valence-electron chi connectivity index (χ0n) is 11.4. The second-order valence-corrected chi connectivity index (χ2v) is 4.16. The number of allylic oxidation sites excluding steroid dienone is 3. The highest BCUT2D eigenvalue weighted by atomic mass is 16.5. The molecule has 0 radical (unpaired) electrons. The van der Waals surface area contributed by atoms with E-state index >= 15 is 0 Å². The zero-order chi connectivity index (χ0) is 14.2. The highest BCUT2D eigenvalue weighted by Gasteiger charge is 2.46. The Morgan fingerprint density at radius 2 is 1.67 bits per heavy atom. The van der Waals surface area contributed by atoms with E-state index in [2.05, 4.69) is 12.3 Å². The maximum Gasteiger partial charge on any atom is 0.323 e. The van der Waals surface area contributed by atoms with Gasteiger partial charge in [0.15, 0.2) is 5.41 Å². The summed E-state index contributed by atoms with van der Waals surface area (Å²) in [5, 5.41) is 0. The van der Waals surface area contributed by atoms with Crippen molar-refractivity contribution >= 4 is 11.9 Å². The number of carbonyl (C=O) groups is 2. The molecule has 0 unspecified atom stereocenters. The smallest absolute Gasteiger partial charge is 0.323 e. The fraction of sp³-hybridized carbons (Fsp3) is 0.500. The Balaban J connectivity index is 5.52. The van der Waals surface area contributed by atoms with Gasteiger partial charge in [-0.05, 0) is 32.8 Å². The lowest BCUT2D eigenvalue weighted by Gasteiger charge is -2.25. The molecule has 4 heteroatoms. The molecule has 0 N–H and O–H groups in total. The summed E-state index contributed by atoms with van der Waals surface area (Å²) in [4.78, 5) is 23.9. The molecule has 0 fully saturated rings. The van der Waals surface area contributed by atoms with Crippen molar-refractivity contribution in [3.8, 4) is 0 Å². The fourth-order valence-corrected chi connectivity index (χ4v) is 1.52. The van der Waals surface area contributed by atoms with Gasteiger partial charge in [0.2, 0.25) is 0 Å². The van der Waals surface area contributed by atoms with Crippen LogP contribution in [0.15, 0.2) is 30.0 Å². The van der Waals surface area contributed by atoms with Crippen LogP contribution in [0.25, 0.3) is 0 Å². The maximum atomic E-state index is 11.9. The first kappa shape index (κ1) is 16.2. The molecule has 0 rings (SSSR count). The first-order valence-electron chi connectivity index (χ1n) is 5.59. The molecule has 0 amide bonds. The van der Waals surface area contributed by atoms with Crippen molar-refractivity contribution in [3.63, 3.8) is 0 Å². The molecule has 0 saturated heterocycles. The number of ether oxygens (including phenoxy) is 2. The van der Waals surface area contributed by atoms with Crippen LogP contribution in [0.2, 0.25) is 0 Å². The summed E-state index contributed by atoms with van der Waals surface area (Å²) in [5.74, 6) is -1.23. The van der Waals surface area contributed by atoms with Crippen LogP contribution in [0, 0.1) is 5.41 Å². The Bertz CT molecular complexity index is 367. The predicted molar refractivity (Wildman–Crippen MR) is 68.8 cm³/mol. The average Bonchev–Trinajstić information content (AvgIpc) is 2.37. The largest absolute Gasteiger partial charge is 0.468 e. The Hall–Kier alpha value is -1.80. The van der Waals surface area contributed by atoms with Gasteiger partial charge in [-0.25, -0.2) is 0 Å². The molecule has 0 aliphatic rings. The Labute approximate surface area is 108 Å². The van der Waals surface area contributed by atoms with Gasteiger partial charge in [0, 0.05) is 0 Å². The number of carbonyl (C=O) groups excluding carboxylic acids is 2. The van der Waals surface area contributed by atoms with E-state index in [9.17, 15) is 9.59 Å². The molecule has 0 atom stereocenters. The van der Waals surface area contributed by atoms with Crippen molar-refractivity contribution in [3.05, 3.63) is 30.0 Å². The number of esters is 2. The Morgan fingerprint density at radius 1 is 1.17 bits per heavy atom. The Kier molecular flexibility index (Phi) is 6.76. The highest BCUT2D eigenvalue weighted by Crippen LogP contribution is 2.31. The van der Waals surface area contributed by atoms with Crippen molar-refractivity contribution in [1.29, 1.82) is 0 Å². The summed E-state index contributed by atoms with van der Waals surface area (Å²) in [6, 6.07) is 0. The number of rotatable bonds is 6. The van der Waals surface area contributed by atoms with Gasteiger partial charge in [0.05, 0.1) is 14.2 Å². The van der Waals surface area contributed by atoms with Crippen LogP contribution >= 0.6 is 0 Å². The van der Waals surface area contributed by atoms with Crippen LogP contribution in [-0.4, -0.2) is 26.2 Å². The molecule has 0 aliphatic heterocycles. The van der Waals surface area contributed by atoms with Gasteiger partial charge in [-0.1, -0.05) is 18.2 Å². The molecule has 0 aliphatic carbocycles. The molecule has 0 aromatic heterocycles. The molecule has 0 aromatic carbocycles. The minimum Gasteiger partial charge on any atom is -0.468 e. The topological polar surface area (TPSA) is 52.6 Å². The van der Waals surface area contributed by atoms with Crippen molar-refractivity contribution in [2.45, 2.75) is 26.7 Å². The van der Waals surface area contributed by atoms with Gasteiger partial charge in [0.1, 0.15) is 0 Å². The summed E-state index contributed by atoms with van der Waals surface area (Å²) in [5.41, 5.74) is 2.21. The normalized spacial score (nSPS) is 10.0. The van der Waals surface area contributed by atoms with Gasteiger partial charge >= 0.3 is 11.9 Å². The van der Waals surface area contributed by atoms with Gasteiger partial charge in [0.25, 0.3) is 0 Å². The molecular weight excluding hydrogens is 232 g/mol. The van der Waals surface area contributed by atoms with Crippen LogP contribution in [0.3, 0.4) is 0 Å². The van der Waals surface area contributed by atoms with E-state index in [0.717, 1.165) is 5.57 Å². The van der Waals surface area contributed by atoms with Gasteiger partial charge < -0.3 is 9.47 Å². The summed E-state index contributed by atoms with van der Waals surface area (Å²) in [6.45, 7) is 7.21. The SMILES string of the molecule is C=C=CCC(CC=C(C)C)(C(=O)OC)C(=O)OC. The monoisotopic (exact) mass is 252 g/mol. The summed E-state index contributed by atoms with van der Waals surface area (Å²) in [7, 11) is 2.50. The van der Waals surface area contributed by atoms with Gasteiger partial charge in [-0.3, -0.25) is 9.59 Å². The fourth-order valence-electron chi connectivity index (χ4n) is 1.52. The van der Waals surface area contributed by atoms with E-state index in [0.29, 0.717) is 0 Å². The molecule has 0 spiro atoms. The minimum absolute atomic E-state index is 0.152. The van der Waals surface area contributed by atoms with E-state index in [1.54, 1.807) is 0 Å². The third kappa shape index (κ3) is 3.90. The molecular formula is C14H20O4. The standard InChI is InChI=1S/C14H20O4/c1-6-7-9-14(12(15)17-4,13(16)18-5)10-8-11(2)3/h7-8H,1,9-10H2,2-5H3. The minimum atomic E-state index is -1.36. The van der Waals surface area contributed by atoms with Crippen LogP contribution < -0.4 is 0 Å². The lowest BCUT2D eigenvalue weighted by molar-refractivity contribution is -0.168. The Morgan fingerprint density at radius 3 is 2.00 bits per heavy atom. The lowest BCUT2D eigenvalue weighted by Crippen LogP contribution is -2.40. The van der Waals surface area contributed by atoms with Gasteiger partial charge in [-0.15, -0.1) is 5.73 Å². The van der Waals surface area contributed by atoms with Crippen molar-refractivity contribution < 1.29 is 19.1 Å². The molecule has 0 aromatic rings. The average molecular weight is 252 g/mol. The number of methoxy groups -OCH3 is 2. The summed E-state index contributed by atoms with van der Waals surface area (Å²) >= 11 is 0.